The monoisotopic (exact) mass is 253 g/mol. The van der Waals surface area contributed by atoms with Crippen LogP contribution >= 0.6 is 0 Å². The molecule has 0 N–H and O–H groups in total. The Morgan fingerprint density at radius 3 is 2.59 bits per heavy atom. The summed E-state index contributed by atoms with van der Waals surface area (Å²) < 4.78 is 40.7. The van der Waals surface area contributed by atoms with Crippen LogP contribution in [0.1, 0.15) is 33.1 Å². The molecule has 0 aliphatic carbocycles. The molecule has 0 aromatic carbocycles. The highest BCUT2D eigenvalue weighted by molar-refractivity contribution is 5.70. The number of rotatable bonds is 5. The molecule has 100 valence electrons. The van der Waals surface area contributed by atoms with Crippen molar-refractivity contribution >= 4 is 6.09 Å². The van der Waals surface area contributed by atoms with E-state index in [0.717, 1.165) is 0 Å². The van der Waals surface area contributed by atoms with E-state index in [-0.39, 0.29) is 18.4 Å². The third-order valence-corrected chi connectivity index (χ3v) is 2.89. The number of amides is 1. The summed E-state index contributed by atoms with van der Waals surface area (Å²) in [7, 11) is 0. The summed E-state index contributed by atoms with van der Waals surface area (Å²) in [6.45, 7) is 4.62. The van der Waals surface area contributed by atoms with Gasteiger partial charge in [-0.25, -0.2) is 4.79 Å². The van der Waals surface area contributed by atoms with Gasteiger partial charge in [0.2, 0.25) is 0 Å². The molecule has 1 aliphatic rings. The van der Waals surface area contributed by atoms with Gasteiger partial charge in [-0.3, -0.25) is 0 Å². The van der Waals surface area contributed by atoms with Crippen molar-refractivity contribution in [3.8, 4) is 0 Å². The Morgan fingerprint density at radius 1 is 1.41 bits per heavy atom. The van der Waals surface area contributed by atoms with E-state index in [4.69, 9.17) is 4.74 Å². The van der Waals surface area contributed by atoms with Gasteiger partial charge in [0.25, 0.3) is 0 Å². The van der Waals surface area contributed by atoms with E-state index in [1.165, 1.54) is 0 Å². The van der Waals surface area contributed by atoms with Gasteiger partial charge in [0.1, 0.15) is 6.61 Å². The Kier molecular flexibility index (Phi) is 4.65. The molecular formula is C11H18F3NO2. The minimum absolute atomic E-state index is 0.00612. The maximum Gasteiger partial charge on any atom is 0.410 e. The summed E-state index contributed by atoms with van der Waals surface area (Å²) in [6, 6.07) is -0.00612. The first-order valence-corrected chi connectivity index (χ1v) is 5.81. The van der Waals surface area contributed by atoms with Crippen LogP contribution in [-0.4, -0.2) is 36.4 Å². The number of hydrogen-bond donors (Lipinski definition) is 0. The Morgan fingerprint density at radius 2 is 2.06 bits per heavy atom. The summed E-state index contributed by atoms with van der Waals surface area (Å²) in [5, 5.41) is 0. The van der Waals surface area contributed by atoms with E-state index in [1.54, 1.807) is 4.90 Å². The van der Waals surface area contributed by atoms with Gasteiger partial charge >= 0.3 is 12.3 Å². The molecule has 1 rings (SSSR count). The van der Waals surface area contributed by atoms with Crippen molar-refractivity contribution in [3.05, 3.63) is 0 Å². The lowest BCUT2D eigenvalue weighted by Crippen LogP contribution is -2.37. The van der Waals surface area contributed by atoms with Gasteiger partial charge in [0.05, 0.1) is 6.04 Å². The molecule has 0 spiro atoms. The first-order valence-electron chi connectivity index (χ1n) is 5.81. The van der Waals surface area contributed by atoms with Crippen LogP contribution in [0.3, 0.4) is 0 Å². The Bertz CT molecular complexity index is 266. The van der Waals surface area contributed by atoms with Crippen molar-refractivity contribution < 1.29 is 22.7 Å². The van der Waals surface area contributed by atoms with Crippen molar-refractivity contribution in [1.82, 2.24) is 4.90 Å². The molecule has 1 saturated heterocycles. The molecule has 1 aliphatic heterocycles. The lowest BCUT2D eigenvalue weighted by atomic mass is 10.0. The lowest BCUT2D eigenvalue weighted by molar-refractivity contribution is -0.135. The Balaban J connectivity index is 2.32. The number of unbranched alkanes of at least 4 members (excludes halogenated alkanes) is 1. The van der Waals surface area contributed by atoms with E-state index in [9.17, 15) is 18.0 Å². The van der Waals surface area contributed by atoms with Crippen molar-refractivity contribution in [2.45, 2.75) is 45.3 Å². The fourth-order valence-corrected chi connectivity index (χ4v) is 1.88. The fourth-order valence-electron chi connectivity index (χ4n) is 1.88. The second-order valence-electron chi connectivity index (χ2n) is 4.65. The van der Waals surface area contributed by atoms with Crippen LogP contribution < -0.4 is 0 Å². The number of carbonyl (C=O) groups excluding carboxylic acids is 1. The second-order valence-corrected chi connectivity index (χ2v) is 4.65. The van der Waals surface area contributed by atoms with Crippen LogP contribution in [0.5, 0.6) is 0 Å². The summed E-state index contributed by atoms with van der Waals surface area (Å²) in [6.07, 6.45) is -4.89. The third-order valence-electron chi connectivity index (χ3n) is 2.89. The second kappa shape index (κ2) is 5.60. The highest BCUT2D eigenvalue weighted by Gasteiger charge is 2.34. The van der Waals surface area contributed by atoms with Crippen molar-refractivity contribution in [3.63, 3.8) is 0 Å². The predicted octanol–water partition coefficient (Wildman–Crippen LogP) is 3.20. The number of halogens is 3. The van der Waals surface area contributed by atoms with Crippen LogP contribution in [0.4, 0.5) is 18.0 Å². The summed E-state index contributed by atoms with van der Waals surface area (Å²) in [5.41, 5.74) is 0. The molecule has 17 heavy (non-hydrogen) atoms. The van der Waals surface area contributed by atoms with Crippen molar-refractivity contribution in [1.29, 1.82) is 0 Å². The van der Waals surface area contributed by atoms with Gasteiger partial charge in [0, 0.05) is 13.0 Å². The highest BCUT2D eigenvalue weighted by Crippen LogP contribution is 2.24. The van der Waals surface area contributed by atoms with E-state index < -0.39 is 18.7 Å². The molecule has 1 atom stereocenters. The number of alkyl halides is 3. The zero-order chi connectivity index (χ0) is 13.1. The van der Waals surface area contributed by atoms with Crippen LogP contribution in [0.15, 0.2) is 0 Å². The molecule has 0 saturated carbocycles. The summed E-state index contributed by atoms with van der Waals surface area (Å²) >= 11 is 0. The van der Waals surface area contributed by atoms with Gasteiger partial charge in [-0.05, 0) is 18.8 Å². The van der Waals surface area contributed by atoms with E-state index in [2.05, 4.69) is 0 Å². The molecule has 1 heterocycles. The smallest absolute Gasteiger partial charge is 0.410 e. The molecule has 1 fully saturated rings. The quantitative estimate of drug-likeness (QED) is 0.704. The number of nitrogens with zero attached hydrogens (tertiary/aromatic N) is 1. The minimum Gasteiger partial charge on any atom is -0.447 e. The van der Waals surface area contributed by atoms with Gasteiger partial charge in [-0.15, -0.1) is 0 Å². The van der Waals surface area contributed by atoms with Gasteiger partial charge in [0.15, 0.2) is 0 Å². The van der Waals surface area contributed by atoms with Gasteiger partial charge in [-0.2, -0.15) is 13.2 Å². The standard InChI is InChI=1S/C11H18F3NO2/c1-8(2)9-7-17-10(16)15(9)6-4-3-5-11(12,13)14/h8-9H,3-7H2,1-2H3/t9-/m1/s1. The highest BCUT2D eigenvalue weighted by atomic mass is 19.4. The zero-order valence-corrected chi connectivity index (χ0v) is 10.1. The van der Waals surface area contributed by atoms with Crippen LogP contribution in [0.2, 0.25) is 0 Å². The number of ether oxygens (including phenoxy) is 1. The molecule has 0 aromatic rings. The fraction of sp³-hybridized carbons (Fsp3) is 0.909. The van der Waals surface area contributed by atoms with Gasteiger partial charge in [-0.1, -0.05) is 13.8 Å². The van der Waals surface area contributed by atoms with E-state index in [0.29, 0.717) is 19.6 Å². The normalized spacial score (nSPS) is 21.2. The maximum atomic E-state index is 11.9. The Hall–Kier alpha value is -0.940. The third kappa shape index (κ3) is 4.44. The SMILES string of the molecule is CC(C)[C@H]1COC(=O)N1CCCCC(F)(F)F. The molecule has 1 amide bonds. The van der Waals surface area contributed by atoms with E-state index >= 15 is 0 Å². The van der Waals surface area contributed by atoms with Gasteiger partial charge < -0.3 is 9.64 Å². The molecule has 0 bridgehead atoms. The molecule has 0 aromatic heterocycles. The minimum atomic E-state index is -4.11. The predicted molar refractivity (Wildman–Crippen MR) is 56.6 cm³/mol. The number of cyclic esters (lactones) is 1. The first kappa shape index (κ1) is 14.1. The van der Waals surface area contributed by atoms with Crippen LogP contribution in [0, 0.1) is 5.92 Å². The van der Waals surface area contributed by atoms with Crippen LogP contribution in [-0.2, 0) is 4.74 Å². The molecule has 0 unspecified atom stereocenters. The molecule has 3 nitrogen and oxygen atoms in total. The van der Waals surface area contributed by atoms with E-state index in [1.807, 2.05) is 13.8 Å². The average molecular weight is 253 g/mol. The summed E-state index contributed by atoms with van der Waals surface area (Å²) in [4.78, 5) is 12.9. The largest absolute Gasteiger partial charge is 0.447 e. The van der Waals surface area contributed by atoms with Crippen molar-refractivity contribution in [2.24, 2.45) is 5.92 Å². The number of carbonyl (C=O) groups is 1. The maximum absolute atomic E-state index is 11.9. The first-order chi connectivity index (χ1) is 7.81. The topological polar surface area (TPSA) is 29.5 Å². The molecule has 0 radical (unpaired) electrons. The summed E-state index contributed by atoms with van der Waals surface area (Å²) in [5.74, 6) is 0.254. The van der Waals surface area contributed by atoms with Crippen LogP contribution in [0.25, 0.3) is 0 Å². The lowest BCUT2D eigenvalue weighted by Gasteiger charge is -2.24. The molecular weight excluding hydrogens is 235 g/mol. The average Bonchev–Trinajstić information content (AvgIpc) is 2.53. The Labute approximate surface area is 98.9 Å². The number of hydrogen-bond acceptors (Lipinski definition) is 2. The molecule has 6 heteroatoms. The van der Waals surface area contributed by atoms with Crippen molar-refractivity contribution in [2.75, 3.05) is 13.2 Å². The zero-order valence-electron chi connectivity index (χ0n) is 10.1.